The number of hydrogen-bond acceptors (Lipinski definition) is 2. The molecule has 2 aliphatic carbocycles. The van der Waals surface area contributed by atoms with Crippen LogP contribution in [0.15, 0.2) is 0 Å². The maximum Gasteiger partial charge on any atom is 0.310 e. The zero-order valence-corrected chi connectivity index (χ0v) is 11.8. The van der Waals surface area contributed by atoms with Crippen molar-refractivity contribution >= 4 is 11.9 Å². The third-order valence-corrected chi connectivity index (χ3v) is 4.97. The number of nitrogens with one attached hydrogen (secondary N) is 1. The smallest absolute Gasteiger partial charge is 0.310 e. The molecule has 2 saturated carbocycles. The lowest BCUT2D eigenvalue weighted by Gasteiger charge is -2.31. The van der Waals surface area contributed by atoms with Gasteiger partial charge in [0.1, 0.15) is 0 Å². The molecule has 2 N–H and O–H groups in total. The molecule has 2 fully saturated rings. The van der Waals surface area contributed by atoms with E-state index < -0.39 is 11.4 Å². The zero-order valence-electron chi connectivity index (χ0n) is 11.8. The summed E-state index contributed by atoms with van der Waals surface area (Å²) in [5.74, 6) is -0.345. The minimum absolute atomic E-state index is 0.0666. The van der Waals surface area contributed by atoms with E-state index in [1.165, 1.54) is 12.8 Å². The summed E-state index contributed by atoms with van der Waals surface area (Å²) in [6, 6.07) is 0.244. The topological polar surface area (TPSA) is 66.4 Å². The highest BCUT2D eigenvalue weighted by Crippen LogP contribution is 2.41. The lowest BCUT2D eigenvalue weighted by atomic mass is 9.81. The Kier molecular flexibility index (Phi) is 4.48. The van der Waals surface area contributed by atoms with Gasteiger partial charge in [0, 0.05) is 12.5 Å². The molecule has 2 aliphatic rings. The minimum atomic E-state index is -0.795. The molecule has 108 valence electrons. The minimum Gasteiger partial charge on any atom is -0.481 e. The molecule has 0 saturated heterocycles. The second-order valence-corrected chi connectivity index (χ2v) is 6.41. The fraction of sp³-hybridized carbons (Fsp3) is 0.867. The monoisotopic (exact) mass is 267 g/mol. The van der Waals surface area contributed by atoms with Crippen molar-refractivity contribution in [1.82, 2.24) is 5.32 Å². The fourth-order valence-corrected chi connectivity index (χ4v) is 3.61. The molecule has 2 atom stereocenters. The fourth-order valence-electron chi connectivity index (χ4n) is 3.61. The van der Waals surface area contributed by atoms with Crippen molar-refractivity contribution in [2.45, 2.75) is 70.8 Å². The first-order valence-electron chi connectivity index (χ1n) is 7.56. The highest BCUT2D eigenvalue weighted by molar-refractivity contribution is 5.85. The molecule has 1 amide bonds. The first-order valence-corrected chi connectivity index (χ1v) is 7.56. The molecule has 2 unspecified atom stereocenters. The number of hydrogen-bond donors (Lipinski definition) is 2. The largest absolute Gasteiger partial charge is 0.481 e. The van der Waals surface area contributed by atoms with E-state index in [0.29, 0.717) is 18.8 Å². The van der Waals surface area contributed by atoms with Crippen molar-refractivity contribution in [1.29, 1.82) is 0 Å². The van der Waals surface area contributed by atoms with Crippen LogP contribution in [0.2, 0.25) is 0 Å². The Morgan fingerprint density at radius 3 is 2.37 bits per heavy atom. The highest BCUT2D eigenvalue weighted by atomic mass is 16.4. The lowest BCUT2D eigenvalue weighted by Crippen LogP contribution is -2.44. The Balaban J connectivity index is 1.91. The van der Waals surface area contributed by atoms with E-state index in [1.807, 2.05) is 0 Å². The van der Waals surface area contributed by atoms with Crippen LogP contribution >= 0.6 is 0 Å². The van der Waals surface area contributed by atoms with Crippen LogP contribution in [0, 0.1) is 11.3 Å². The van der Waals surface area contributed by atoms with Crippen LogP contribution in [-0.4, -0.2) is 23.0 Å². The van der Waals surface area contributed by atoms with Gasteiger partial charge < -0.3 is 10.4 Å². The molecular formula is C15H25NO3. The SMILES string of the molecule is CC1CCCCC1NC(=O)CC1(C(=O)O)CCCC1. The van der Waals surface area contributed by atoms with Crippen molar-refractivity contribution in [3.05, 3.63) is 0 Å². The van der Waals surface area contributed by atoms with Crippen LogP contribution in [0.25, 0.3) is 0 Å². The van der Waals surface area contributed by atoms with Gasteiger partial charge in [-0.2, -0.15) is 0 Å². The number of carbonyl (C=O) groups excluding carboxylic acids is 1. The summed E-state index contributed by atoms with van der Waals surface area (Å²) in [5, 5.41) is 12.5. The van der Waals surface area contributed by atoms with Crippen molar-refractivity contribution in [2.75, 3.05) is 0 Å². The molecule has 4 nitrogen and oxygen atoms in total. The molecule has 19 heavy (non-hydrogen) atoms. The summed E-state index contributed by atoms with van der Waals surface area (Å²) in [4.78, 5) is 23.6. The summed E-state index contributed by atoms with van der Waals surface area (Å²) < 4.78 is 0. The van der Waals surface area contributed by atoms with E-state index in [-0.39, 0.29) is 18.4 Å². The van der Waals surface area contributed by atoms with Gasteiger partial charge in [-0.3, -0.25) is 9.59 Å². The Bertz CT molecular complexity index is 347. The normalized spacial score (nSPS) is 29.9. The highest BCUT2D eigenvalue weighted by Gasteiger charge is 2.43. The van der Waals surface area contributed by atoms with Crippen molar-refractivity contribution in [2.24, 2.45) is 11.3 Å². The molecule has 0 aliphatic heterocycles. The van der Waals surface area contributed by atoms with Gasteiger partial charge in [0.05, 0.1) is 5.41 Å². The van der Waals surface area contributed by atoms with Gasteiger partial charge in [0.25, 0.3) is 0 Å². The summed E-state index contributed by atoms with van der Waals surface area (Å²) in [5.41, 5.74) is -0.790. The second-order valence-electron chi connectivity index (χ2n) is 6.41. The predicted molar refractivity (Wildman–Crippen MR) is 72.7 cm³/mol. The maximum atomic E-state index is 12.1. The third kappa shape index (κ3) is 3.28. The number of carbonyl (C=O) groups is 2. The molecule has 4 heteroatoms. The maximum absolute atomic E-state index is 12.1. The molecule has 2 rings (SSSR count). The van der Waals surface area contributed by atoms with Gasteiger partial charge in [-0.15, -0.1) is 0 Å². The van der Waals surface area contributed by atoms with E-state index in [0.717, 1.165) is 25.7 Å². The molecule has 0 radical (unpaired) electrons. The summed E-state index contributed by atoms with van der Waals surface area (Å²) in [6.45, 7) is 2.17. The quantitative estimate of drug-likeness (QED) is 0.823. The molecule has 0 aromatic rings. The average molecular weight is 267 g/mol. The van der Waals surface area contributed by atoms with E-state index in [4.69, 9.17) is 0 Å². The van der Waals surface area contributed by atoms with Crippen molar-refractivity contribution in [3.63, 3.8) is 0 Å². The van der Waals surface area contributed by atoms with Crippen LogP contribution in [0.1, 0.15) is 64.7 Å². The van der Waals surface area contributed by atoms with E-state index >= 15 is 0 Å². The van der Waals surface area contributed by atoms with Crippen LogP contribution in [0.5, 0.6) is 0 Å². The number of aliphatic carboxylic acids is 1. The summed E-state index contributed by atoms with van der Waals surface area (Å²) in [6.07, 6.45) is 7.92. The van der Waals surface area contributed by atoms with Gasteiger partial charge in [-0.05, 0) is 31.6 Å². The average Bonchev–Trinajstić information content (AvgIpc) is 2.82. The molecule has 0 aromatic carbocycles. The van der Waals surface area contributed by atoms with Crippen LogP contribution in [-0.2, 0) is 9.59 Å². The Hall–Kier alpha value is -1.06. The summed E-state index contributed by atoms with van der Waals surface area (Å²) >= 11 is 0. The lowest BCUT2D eigenvalue weighted by molar-refractivity contribution is -0.151. The van der Waals surface area contributed by atoms with E-state index in [1.54, 1.807) is 0 Å². The zero-order chi connectivity index (χ0) is 13.9. The van der Waals surface area contributed by atoms with Crippen molar-refractivity contribution in [3.8, 4) is 0 Å². The van der Waals surface area contributed by atoms with Gasteiger partial charge >= 0.3 is 5.97 Å². The molecule has 0 heterocycles. The number of carboxylic acid groups (broad SMARTS) is 1. The Morgan fingerprint density at radius 2 is 1.79 bits per heavy atom. The first kappa shape index (κ1) is 14.4. The molecule has 0 aromatic heterocycles. The van der Waals surface area contributed by atoms with Gasteiger partial charge in [0.2, 0.25) is 5.91 Å². The Morgan fingerprint density at radius 1 is 1.16 bits per heavy atom. The molecular weight excluding hydrogens is 242 g/mol. The standard InChI is InChI=1S/C15H25NO3/c1-11-6-2-3-7-12(11)16-13(17)10-15(14(18)19)8-4-5-9-15/h11-12H,2-10H2,1H3,(H,16,17)(H,18,19). The van der Waals surface area contributed by atoms with E-state index in [2.05, 4.69) is 12.2 Å². The van der Waals surface area contributed by atoms with E-state index in [9.17, 15) is 14.7 Å². The number of amides is 1. The summed E-state index contributed by atoms with van der Waals surface area (Å²) in [7, 11) is 0. The van der Waals surface area contributed by atoms with Crippen LogP contribution in [0.3, 0.4) is 0 Å². The first-order chi connectivity index (χ1) is 9.03. The van der Waals surface area contributed by atoms with Gasteiger partial charge in [-0.1, -0.05) is 32.6 Å². The second kappa shape index (κ2) is 5.93. The third-order valence-electron chi connectivity index (χ3n) is 4.97. The molecule has 0 bridgehead atoms. The Labute approximate surface area is 115 Å². The van der Waals surface area contributed by atoms with Gasteiger partial charge in [0.15, 0.2) is 0 Å². The van der Waals surface area contributed by atoms with Crippen LogP contribution < -0.4 is 5.32 Å². The molecule has 0 spiro atoms. The number of carboxylic acids is 1. The van der Waals surface area contributed by atoms with Crippen molar-refractivity contribution < 1.29 is 14.7 Å². The predicted octanol–water partition coefficient (Wildman–Crippen LogP) is 2.72. The van der Waals surface area contributed by atoms with Gasteiger partial charge in [-0.25, -0.2) is 0 Å². The van der Waals surface area contributed by atoms with Crippen LogP contribution in [0.4, 0.5) is 0 Å². The number of rotatable bonds is 4.